The molecule has 0 radical (unpaired) electrons. The quantitative estimate of drug-likeness (QED) is 0.142. The molecule has 24 nitrogen and oxygen atoms in total. The molecule has 0 unspecified atom stereocenters. The third kappa shape index (κ3) is 8.51. The van der Waals surface area contributed by atoms with Crippen molar-refractivity contribution in [2.75, 3.05) is 0 Å². The smallest absolute Gasteiger partial charge is 0.339 e. The number of aromatic nitrogens is 23. The van der Waals surface area contributed by atoms with E-state index < -0.39 is 27.9 Å². The molecule has 0 spiro atoms. The Morgan fingerprint density at radius 2 is 0.769 bits per heavy atom. The predicted octanol–water partition coefficient (Wildman–Crippen LogP) is 11.3. The van der Waals surface area contributed by atoms with Crippen molar-refractivity contribution in [3.8, 4) is 63.3 Å². The van der Waals surface area contributed by atoms with Gasteiger partial charge in [0.05, 0.1) is 136 Å². The summed E-state index contributed by atoms with van der Waals surface area (Å²) in [7, 11) is 6.03. The molecule has 21 aromatic rings. The number of thiophene rings is 1. The fraction of sp³-hybridized carbons (Fsp3) is 0.145. The fourth-order valence-corrected chi connectivity index (χ4v) is 18.2. The maximum Gasteiger partial charge on any atom is 0.339 e. The van der Waals surface area contributed by atoms with Gasteiger partial charge in [0.25, 0.3) is 34.4 Å². The molecular weight excluding hydrogens is 1370 g/mol. The molecule has 0 bridgehead atoms. The van der Waals surface area contributed by atoms with E-state index in [9.17, 15) is 0 Å². The minimum atomic E-state index is -2.58. The lowest BCUT2D eigenvalue weighted by Gasteiger charge is -2.03. The summed E-state index contributed by atoms with van der Waals surface area (Å²) in [6, 6.07) is 39.3. The van der Waals surface area contributed by atoms with Gasteiger partial charge in [0.2, 0.25) is 10.3 Å². The van der Waals surface area contributed by atoms with Crippen LogP contribution >= 0.6 is 11.3 Å². The van der Waals surface area contributed by atoms with E-state index in [2.05, 4.69) is 102 Å². The molecular formula is C83H66N23OS+5. The number of fused-ring (bicyclic) bond motifs is 35. The molecule has 0 N–H and O–H groups in total. The van der Waals surface area contributed by atoms with Crippen molar-refractivity contribution in [3.05, 3.63) is 242 Å². The number of furan rings is 1. The summed E-state index contributed by atoms with van der Waals surface area (Å²) in [4.78, 5) is 44.6. The Morgan fingerprint density at radius 1 is 0.370 bits per heavy atom. The summed E-state index contributed by atoms with van der Waals surface area (Å²) in [5, 5.41) is 5.00. The molecule has 5 aliphatic rings. The van der Waals surface area contributed by atoms with Gasteiger partial charge in [-0.25, -0.2) is 70.6 Å². The van der Waals surface area contributed by atoms with Crippen LogP contribution in [0, 0.1) is 0 Å². The SMILES string of the molecule is C[n+]1c2n(c3c4ccncc4oc31)Cc1cccnc1-2.C[n+]1c2n(c3c4ccncc4sc31)Cc1cccnc1-2.[2H]C([2H])([2H])[n+]1c2n(c3c4ccncc4n(-c4ccccc4)c31)Cc1cccnc1-2.[2H]C([2H])([2H])[n+]1c2n(c3c4ccncc4n(C)c31)Cc1cccnc1-2.[2H]C([2H])([2H])n1c2cnccc2c2c1[n+](C([2H])([2H])[2H])c1n2Cc2cccnc2-1. The van der Waals surface area contributed by atoms with Crippen molar-refractivity contribution in [1.82, 2.24) is 86.4 Å². The topological polar surface area (TPSA) is 201 Å². The van der Waals surface area contributed by atoms with Gasteiger partial charge in [-0.1, -0.05) is 59.9 Å². The number of para-hydroxylation sites is 1. The van der Waals surface area contributed by atoms with Crippen LogP contribution in [-0.2, 0) is 81.8 Å². The van der Waals surface area contributed by atoms with Gasteiger partial charge in [-0.3, -0.25) is 34.1 Å². The molecule has 1 aromatic carbocycles. The molecule has 0 saturated heterocycles. The lowest BCUT2D eigenvalue weighted by Crippen LogP contribution is -2.31. The van der Waals surface area contributed by atoms with Gasteiger partial charge in [-0.2, -0.15) is 4.57 Å². The Hall–Kier alpha value is -13.8. The molecule has 26 rings (SSSR count). The Kier molecular flexibility index (Phi) is 10.8. The van der Waals surface area contributed by atoms with Crippen molar-refractivity contribution < 1.29 is 43.7 Å². The van der Waals surface area contributed by atoms with Crippen LogP contribution in [0.25, 0.3) is 172 Å². The third-order valence-electron chi connectivity index (χ3n) is 21.6. The second kappa shape index (κ2) is 23.1. The lowest BCUT2D eigenvalue weighted by atomic mass is 10.2. The van der Waals surface area contributed by atoms with Crippen LogP contribution < -0.4 is 22.8 Å². The van der Waals surface area contributed by atoms with Crippen molar-refractivity contribution in [2.45, 2.75) is 32.7 Å². The van der Waals surface area contributed by atoms with Gasteiger partial charge in [0.1, 0.15) is 52.4 Å². The number of aryl methyl sites for hydroxylation is 7. The molecule has 0 atom stereocenters. The van der Waals surface area contributed by atoms with E-state index in [-0.39, 0.29) is 5.65 Å². The zero-order valence-electron chi connectivity index (χ0n) is 69.8. The van der Waals surface area contributed by atoms with Crippen LogP contribution in [-0.4, -0.2) is 86.4 Å². The molecule has 0 saturated carbocycles. The molecule has 520 valence electrons. The fourth-order valence-electron chi connectivity index (χ4n) is 17.1. The Labute approximate surface area is 634 Å². The minimum Gasteiger partial charge on any atom is -0.417 e. The van der Waals surface area contributed by atoms with Gasteiger partial charge in [-0.15, -0.1) is 0 Å². The molecule has 108 heavy (non-hydrogen) atoms. The second-order valence-corrected chi connectivity index (χ2v) is 28.3. The van der Waals surface area contributed by atoms with E-state index in [4.69, 9.17) is 20.9 Å². The Bertz CT molecular complexity index is 7760. The monoisotopic (exact) mass is 1440 g/mol. The van der Waals surface area contributed by atoms with Crippen molar-refractivity contribution in [3.63, 3.8) is 0 Å². The molecule has 0 aliphatic carbocycles. The Balaban J connectivity index is 0.0000000906. The van der Waals surface area contributed by atoms with Crippen molar-refractivity contribution in [1.29, 1.82) is 0 Å². The van der Waals surface area contributed by atoms with Gasteiger partial charge in [-0.05, 0) is 72.8 Å². The predicted molar refractivity (Wildman–Crippen MR) is 411 cm³/mol. The van der Waals surface area contributed by atoms with Gasteiger partial charge in [0.15, 0.2) is 39.0 Å². The van der Waals surface area contributed by atoms with E-state index in [0.29, 0.717) is 70.5 Å². The maximum atomic E-state index is 8.34. The van der Waals surface area contributed by atoms with E-state index >= 15 is 0 Å². The average molecular weight is 1450 g/mol. The number of nitrogens with zero attached hydrogens (tertiary/aromatic N) is 23. The highest BCUT2D eigenvalue weighted by Crippen LogP contribution is 2.43. The van der Waals surface area contributed by atoms with Crippen LogP contribution in [0.4, 0.5) is 0 Å². The normalized spacial score (nSPS) is 15.1. The second-order valence-electron chi connectivity index (χ2n) is 27.2. The molecule has 20 aromatic heterocycles. The molecule has 25 heterocycles. The summed E-state index contributed by atoms with van der Waals surface area (Å²) in [5.41, 5.74) is 20.7. The van der Waals surface area contributed by atoms with E-state index in [0.717, 1.165) is 128 Å². The van der Waals surface area contributed by atoms with Crippen LogP contribution in [0.1, 0.15) is 44.3 Å². The summed E-state index contributed by atoms with van der Waals surface area (Å²) in [6.07, 6.45) is 26.2. The first-order valence-electron chi connectivity index (χ1n) is 40.9. The maximum absolute atomic E-state index is 8.34. The highest BCUT2D eigenvalue weighted by molar-refractivity contribution is 7.25. The summed E-state index contributed by atoms with van der Waals surface area (Å²) in [6.45, 7) is -6.42. The van der Waals surface area contributed by atoms with E-state index in [1.807, 2.05) is 144 Å². The van der Waals surface area contributed by atoms with Gasteiger partial charge in [0, 0.05) is 101 Å². The highest BCUT2D eigenvalue weighted by Gasteiger charge is 2.42. The number of pyridine rings is 10. The van der Waals surface area contributed by atoms with E-state index in [1.54, 1.807) is 85.4 Å². The van der Waals surface area contributed by atoms with Crippen molar-refractivity contribution >= 4 is 120 Å². The van der Waals surface area contributed by atoms with Crippen LogP contribution in [0.15, 0.2) is 219 Å². The summed E-state index contributed by atoms with van der Waals surface area (Å²) < 4.78 is 129. The molecule has 0 fully saturated rings. The summed E-state index contributed by atoms with van der Waals surface area (Å²) >= 11 is 1.80. The standard InChI is InChI=1S/C21H16N5.2C16H14N5.C15H11N4O.C15H11N4S/c1-24-20-18-14(6-5-10-23-18)13-25(20)19-16-9-11-22-12-17(16)26(21(19)24)15-7-3-2-4-8-15;2*1-19-12-8-17-7-5-11(12)14-16(19)20(2)15-13-10(9-21(14)15)4-3-6-18-13;2*1-18-14-12-9(3-2-5-17-12)8-19(14)13-10-4-6-16-7-11(10)20-15(13)18/h2-12H,13H2,1H3;2*3-8H,9H2,1-2H3;2*2-7H,8H2,1H3/q5*+1/i1D3;1D3,2D3;2D3;;. The zero-order chi connectivity index (χ0) is 82.1. The lowest BCUT2D eigenvalue weighted by molar-refractivity contribution is -0.640. The molecule has 5 aliphatic heterocycles. The number of hydrogen-bond acceptors (Lipinski definition) is 12. The molecule has 25 heteroatoms. The summed E-state index contributed by atoms with van der Waals surface area (Å²) in [5.74, 6) is 3.97. The van der Waals surface area contributed by atoms with Gasteiger partial charge < -0.3 is 4.42 Å². The number of imidazole rings is 5. The van der Waals surface area contributed by atoms with Gasteiger partial charge >= 0.3 is 17.4 Å². The zero-order valence-corrected chi connectivity index (χ0v) is 58.7. The Morgan fingerprint density at radius 3 is 1.28 bits per heavy atom. The number of rotatable bonds is 1. The largest absolute Gasteiger partial charge is 0.417 e. The first-order valence-corrected chi connectivity index (χ1v) is 35.7. The van der Waals surface area contributed by atoms with Crippen molar-refractivity contribution in [2.24, 2.45) is 49.0 Å². The average Bonchev–Trinajstić information content (AvgIpc) is 1.53. The number of hydrogen-bond donors (Lipinski definition) is 0. The van der Waals surface area contributed by atoms with Crippen LogP contribution in [0.5, 0.6) is 0 Å². The third-order valence-corrected chi connectivity index (χ3v) is 22.8. The van der Waals surface area contributed by atoms with Crippen LogP contribution in [0.3, 0.4) is 0 Å². The highest BCUT2D eigenvalue weighted by atomic mass is 32.1. The van der Waals surface area contributed by atoms with E-state index in [1.165, 1.54) is 52.7 Å². The number of benzene rings is 1. The first kappa shape index (κ1) is 50.6. The molecule has 0 amide bonds. The van der Waals surface area contributed by atoms with Crippen LogP contribution in [0.2, 0.25) is 0 Å². The minimum absolute atomic E-state index is 0.129. The first-order chi connectivity index (χ1) is 57.9.